The smallest absolute Gasteiger partial charge is 0.0644 e. The molecule has 0 aliphatic rings. The van der Waals surface area contributed by atoms with Crippen LogP contribution < -0.4 is 4.90 Å². The summed E-state index contributed by atoms with van der Waals surface area (Å²) in [5.74, 6) is 0.548. The van der Waals surface area contributed by atoms with Gasteiger partial charge < -0.3 is 9.64 Å². The monoisotopic (exact) mass is 255 g/mol. The number of alkyl halides is 1. The normalized spacial score (nSPS) is 10.9. The molecule has 3 heteroatoms. The van der Waals surface area contributed by atoms with Crippen molar-refractivity contribution < 1.29 is 4.74 Å². The lowest BCUT2D eigenvalue weighted by Gasteiger charge is -2.22. The van der Waals surface area contributed by atoms with E-state index in [4.69, 9.17) is 16.3 Å². The Bertz CT molecular complexity index is 352. The van der Waals surface area contributed by atoms with Crippen molar-refractivity contribution in [3.63, 3.8) is 0 Å². The van der Waals surface area contributed by atoms with E-state index in [0.717, 1.165) is 13.2 Å². The number of halogens is 1. The Morgan fingerprint density at radius 1 is 1.35 bits per heavy atom. The summed E-state index contributed by atoms with van der Waals surface area (Å²) in [5.41, 5.74) is 3.62. The molecule has 0 saturated heterocycles. The number of nitrogens with zero attached hydrogens (tertiary/aromatic N) is 1. The number of aryl methyl sites for hydroxylation is 1. The topological polar surface area (TPSA) is 12.5 Å². The van der Waals surface area contributed by atoms with E-state index in [9.17, 15) is 0 Å². The SMILES string of the molecule is Cc1ccc(N(C)CCOC(C)C)c(CCl)c1. The molecule has 0 aromatic heterocycles. The van der Waals surface area contributed by atoms with Crippen molar-refractivity contribution in [1.82, 2.24) is 0 Å². The van der Waals surface area contributed by atoms with Gasteiger partial charge in [0.1, 0.15) is 0 Å². The van der Waals surface area contributed by atoms with Gasteiger partial charge in [-0.1, -0.05) is 17.7 Å². The molecule has 0 saturated carbocycles. The number of hydrogen-bond acceptors (Lipinski definition) is 2. The summed E-state index contributed by atoms with van der Waals surface area (Å²) < 4.78 is 5.56. The number of likely N-dealkylation sites (N-methyl/N-ethyl adjacent to an activating group) is 1. The fourth-order valence-corrected chi connectivity index (χ4v) is 1.95. The van der Waals surface area contributed by atoms with Crippen LogP contribution in [0.2, 0.25) is 0 Å². The first kappa shape index (κ1) is 14.3. The van der Waals surface area contributed by atoms with Crippen LogP contribution in [0.25, 0.3) is 0 Å². The lowest BCUT2D eigenvalue weighted by Crippen LogP contribution is -2.24. The summed E-state index contributed by atoms with van der Waals surface area (Å²) in [7, 11) is 2.07. The molecule has 17 heavy (non-hydrogen) atoms. The first-order valence-corrected chi connectivity index (χ1v) is 6.56. The van der Waals surface area contributed by atoms with Crippen LogP contribution >= 0.6 is 11.6 Å². The minimum absolute atomic E-state index is 0.286. The maximum absolute atomic E-state index is 5.97. The van der Waals surface area contributed by atoms with Crippen LogP contribution in [0.3, 0.4) is 0 Å². The second-order valence-corrected chi connectivity index (χ2v) is 4.87. The van der Waals surface area contributed by atoms with E-state index in [1.807, 2.05) is 0 Å². The van der Waals surface area contributed by atoms with E-state index in [1.54, 1.807) is 0 Å². The summed E-state index contributed by atoms with van der Waals surface area (Å²) >= 11 is 5.97. The third-order valence-corrected chi connectivity index (χ3v) is 2.96. The molecule has 0 bridgehead atoms. The molecule has 96 valence electrons. The Morgan fingerprint density at radius 2 is 2.06 bits per heavy atom. The standard InChI is InChI=1S/C14H22ClNO/c1-11(2)17-8-7-16(4)14-6-5-12(3)9-13(14)10-15/h5-6,9,11H,7-8,10H2,1-4H3. The quantitative estimate of drug-likeness (QED) is 0.721. The predicted molar refractivity (Wildman–Crippen MR) is 75.1 cm³/mol. The zero-order valence-corrected chi connectivity index (χ0v) is 11.9. The van der Waals surface area contributed by atoms with Gasteiger partial charge in [-0.3, -0.25) is 0 Å². The molecular formula is C14H22ClNO. The van der Waals surface area contributed by atoms with Crippen LogP contribution in [-0.4, -0.2) is 26.3 Å². The lowest BCUT2D eigenvalue weighted by atomic mass is 10.1. The van der Waals surface area contributed by atoms with E-state index < -0.39 is 0 Å². The largest absolute Gasteiger partial charge is 0.377 e. The molecule has 1 aromatic rings. The molecule has 2 nitrogen and oxygen atoms in total. The van der Waals surface area contributed by atoms with E-state index in [0.29, 0.717) is 5.88 Å². The highest BCUT2D eigenvalue weighted by Crippen LogP contribution is 2.22. The van der Waals surface area contributed by atoms with Gasteiger partial charge in [0.05, 0.1) is 12.7 Å². The fraction of sp³-hybridized carbons (Fsp3) is 0.571. The second kappa shape index (κ2) is 6.87. The van der Waals surface area contributed by atoms with Crippen molar-refractivity contribution in [2.45, 2.75) is 32.8 Å². The maximum Gasteiger partial charge on any atom is 0.0644 e. The van der Waals surface area contributed by atoms with Gasteiger partial charge in [-0.25, -0.2) is 0 Å². The van der Waals surface area contributed by atoms with Crippen LogP contribution in [0.4, 0.5) is 5.69 Å². The second-order valence-electron chi connectivity index (χ2n) is 4.61. The summed E-state index contributed by atoms with van der Waals surface area (Å²) in [5, 5.41) is 0. The molecule has 0 N–H and O–H groups in total. The highest BCUT2D eigenvalue weighted by Gasteiger charge is 2.07. The Labute approximate surface area is 110 Å². The zero-order valence-electron chi connectivity index (χ0n) is 11.2. The van der Waals surface area contributed by atoms with Crippen molar-refractivity contribution >= 4 is 17.3 Å². The zero-order chi connectivity index (χ0) is 12.8. The van der Waals surface area contributed by atoms with Crippen molar-refractivity contribution in [2.75, 3.05) is 25.1 Å². The van der Waals surface area contributed by atoms with E-state index in [2.05, 4.69) is 50.9 Å². The maximum atomic E-state index is 5.97. The third kappa shape index (κ3) is 4.57. The highest BCUT2D eigenvalue weighted by molar-refractivity contribution is 6.17. The number of ether oxygens (including phenoxy) is 1. The lowest BCUT2D eigenvalue weighted by molar-refractivity contribution is 0.0846. The van der Waals surface area contributed by atoms with Gasteiger partial charge in [-0.15, -0.1) is 11.6 Å². The molecule has 0 atom stereocenters. The summed E-state index contributed by atoms with van der Waals surface area (Å²) in [4.78, 5) is 2.19. The van der Waals surface area contributed by atoms with E-state index in [-0.39, 0.29) is 6.10 Å². The first-order chi connectivity index (χ1) is 8.04. The van der Waals surface area contributed by atoms with E-state index in [1.165, 1.54) is 16.8 Å². The molecule has 0 spiro atoms. The van der Waals surface area contributed by atoms with Crippen molar-refractivity contribution in [3.8, 4) is 0 Å². The van der Waals surface area contributed by atoms with Crippen LogP contribution in [0.15, 0.2) is 18.2 Å². The summed E-state index contributed by atoms with van der Waals surface area (Å²) in [6.45, 7) is 7.81. The highest BCUT2D eigenvalue weighted by atomic mass is 35.5. The Kier molecular flexibility index (Phi) is 5.79. The number of hydrogen-bond donors (Lipinski definition) is 0. The van der Waals surface area contributed by atoms with Crippen LogP contribution in [-0.2, 0) is 10.6 Å². The van der Waals surface area contributed by atoms with Gasteiger partial charge in [-0.2, -0.15) is 0 Å². The van der Waals surface area contributed by atoms with Crippen LogP contribution in [0.1, 0.15) is 25.0 Å². The molecule has 1 rings (SSSR count). The average molecular weight is 256 g/mol. The van der Waals surface area contributed by atoms with Crippen molar-refractivity contribution in [2.24, 2.45) is 0 Å². The van der Waals surface area contributed by atoms with Gasteiger partial charge in [0.15, 0.2) is 0 Å². The van der Waals surface area contributed by atoms with E-state index >= 15 is 0 Å². The minimum atomic E-state index is 0.286. The molecule has 0 fully saturated rings. The van der Waals surface area contributed by atoms with Gasteiger partial charge in [0, 0.05) is 25.2 Å². The minimum Gasteiger partial charge on any atom is -0.377 e. The predicted octanol–water partition coefficient (Wildman–Crippen LogP) is 3.60. The molecule has 0 unspecified atom stereocenters. The Hall–Kier alpha value is -0.730. The fourth-order valence-electron chi connectivity index (χ4n) is 1.74. The molecule has 1 aromatic carbocycles. The Morgan fingerprint density at radius 3 is 2.65 bits per heavy atom. The molecule has 0 amide bonds. The molecule has 0 radical (unpaired) electrons. The number of benzene rings is 1. The Balaban J connectivity index is 2.64. The number of anilines is 1. The van der Waals surface area contributed by atoms with Gasteiger partial charge in [-0.05, 0) is 32.4 Å². The van der Waals surface area contributed by atoms with Gasteiger partial charge >= 0.3 is 0 Å². The van der Waals surface area contributed by atoms with Gasteiger partial charge in [0.2, 0.25) is 0 Å². The molecule has 0 heterocycles. The van der Waals surface area contributed by atoms with Crippen molar-refractivity contribution in [3.05, 3.63) is 29.3 Å². The first-order valence-electron chi connectivity index (χ1n) is 6.02. The molecule has 0 aliphatic carbocycles. The van der Waals surface area contributed by atoms with Crippen molar-refractivity contribution in [1.29, 1.82) is 0 Å². The molecular weight excluding hydrogens is 234 g/mol. The third-order valence-electron chi connectivity index (χ3n) is 2.67. The van der Waals surface area contributed by atoms with Crippen LogP contribution in [0, 0.1) is 6.92 Å². The summed E-state index contributed by atoms with van der Waals surface area (Å²) in [6.07, 6.45) is 0.286. The molecule has 0 aliphatic heterocycles. The number of rotatable bonds is 6. The van der Waals surface area contributed by atoms with Gasteiger partial charge in [0.25, 0.3) is 0 Å². The van der Waals surface area contributed by atoms with Crippen LogP contribution in [0.5, 0.6) is 0 Å². The average Bonchev–Trinajstić information content (AvgIpc) is 2.28. The summed E-state index contributed by atoms with van der Waals surface area (Å²) in [6, 6.07) is 6.38.